The first-order valence-corrected chi connectivity index (χ1v) is 5.42. The average Bonchev–Trinajstić information content (AvgIpc) is 2.30. The van der Waals surface area contributed by atoms with Crippen LogP contribution in [0.3, 0.4) is 0 Å². The number of nitrogens with two attached hydrogens (primary N) is 1. The molecular weight excluding hydrogens is 200 g/mol. The predicted molar refractivity (Wildman–Crippen MR) is 66.2 cm³/mol. The molecule has 0 bridgehead atoms. The highest BCUT2D eigenvalue weighted by molar-refractivity contribution is 5.92. The van der Waals surface area contributed by atoms with Crippen LogP contribution in [0.1, 0.15) is 18.2 Å². The second-order valence-corrected chi connectivity index (χ2v) is 3.80. The molecule has 16 heavy (non-hydrogen) atoms. The summed E-state index contributed by atoms with van der Waals surface area (Å²) in [5, 5.41) is 1.01. The van der Waals surface area contributed by atoms with E-state index in [0.717, 1.165) is 34.3 Å². The van der Waals surface area contributed by atoms with E-state index >= 15 is 0 Å². The molecule has 0 aliphatic rings. The number of nitrogen functional groups attached to an aromatic ring is 1. The zero-order chi connectivity index (χ0) is 11.5. The van der Waals surface area contributed by atoms with E-state index in [9.17, 15) is 0 Å². The molecule has 0 atom stereocenters. The van der Waals surface area contributed by atoms with Gasteiger partial charge in [-0.3, -0.25) is 4.98 Å². The van der Waals surface area contributed by atoms with Gasteiger partial charge in [-0.25, -0.2) is 0 Å². The largest absolute Gasteiger partial charge is 0.398 e. The van der Waals surface area contributed by atoms with Crippen molar-refractivity contribution in [3.8, 4) is 0 Å². The number of aryl methyl sites for hydroxylation is 1. The number of aromatic nitrogens is 1. The summed E-state index contributed by atoms with van der Waals surface area (Å²) in [4.78, 5) is 4.61. The Labute approximate surface area is 95.2 Å². The summed E-state index contributed by atoms with van der Waals surface area (Å²) in [7, 11) is 1.69. The van der Waals surface area contributed by atoms with E-state index in [0.29, 0.717) is 6.61 Å². The Hall–Kier alpha value is -1.61. The van der Waals surface area contributed by atoms with Crippen LogP contribution in [0.2, 0.25) is 0 Å². The Kier molecular flexibility index (Phi) is 3.06. The standard InChI is InChI=1S/C13H16N2O/c1-3-10-7-12(14)11-6-4-5-9(8-16-2)13(11)15-10/h4-7H,3,8H2,1-2H3,(H2,14,15). The normalized spacial score (nSPS) is 10.9. The summed E-state index contributed by atoms with van der Waals surface area (Å²) in [5.74, 6) is 0. The van der Waals surface area contributed by atoms with Crippen LogP contribution in [0.5, 0.6) is 0 Å². The first kappa shape index (κ1) is 10.9. The van der Waals surface area contributed by atoms with Crippen molar-refractivity contribution >= 4 is 16.6 Å². The zero-order valence-electron chi connectivity index (χ0n) is 9.66. The van der Waals surface area contributed by atoms with Crippen LogP contribution in [-0.2, 0) is 17.8 Å². The van der Waals surface area contributed by atoms with E-state index in [4.69, 9.17) is 10.5 Å². The number of benzene rings is 1. The molecule has 2 aromatic rings. The maximum Gasteiger partial charge on any atom is 0.0781 e. The summed E-state index contributed by atoms with van der Waals surface area (Å²) in [5.41, 5.74) is 9.87. The van der Waals surface area contributed by atoms with Crippen molar-refractivity contribution in [2.45, 2.75) is 20.0 Å². The quantitative estimate of drug-likeness (QED) is 0.857. The number of para-hydroxylation sites is 1. The first-order chi connectivity index (χ1) is 7.76. The summed E-state index contributed by atoms with van der Waals surface area (Å²) in [6.07, 6.45) is 0.890. The summed E-state index contributed by atoms with van der Waals surface area (Å²) in [6, 6.07) is 7.95. The van der Waals surface area contributed by atoms with Gasteiger partial charge in [0.25, 0.3) is 0 Å². The highest BCUT2D eigenvalue weighted by atomic mass is 16.5. The fourth-order valence-corrected chi connectivity index (χ4v) is 1.84. The molecule has 0 amide bonds. The van der Waals surface area contributed by atoms with Crippen LogP contribution in [0.4, 0.5) is 5.69 Å². The number of hydrogen-bond donors (Lipinski definition) is 1. The lowest BCUT2D eigenvalue weighted by Crippen LogP contribution is -1.98. The Morgan fingerprint density at radius 2 is 2.19 bits per heavy atom. The van der Waals surface area contributed by atoms with Gasteiger partial charge >= 0.3 is 0 Å². The molecule has 0 saturated carbocycles. The Balaban J connectivity index is 2.69. The highest BCUT2D eigenvalue weighted by Gasteiger charge is 2.06. The number of ether oxygens (including phenoxy) is 1. The SMILES string of the molecule is CCc1cc(N)c2cccc(COC)c2n1. The van der Waals surface area contributed by atoms with E-state index in [-0.39, 0.29) is 0 Å². The second kappa shape index (κ2) is 4.49. The molecule has 0 aliphatic heterocycles. The van der Waals surface area contributed by atoms with Crippen molar-refractivity contribution in [3.63, 3.8) is 0 Å². The number of hydrogen-bond acceptors (Lipinski definition) is 3. The number of fused-ring (bicyclic) bond motifs is 1. The van der Waals surface area contributed by atoms with Crippen molar-refractivity contribution < 1.29 is 4.74 Å². The molecule has 1 heterocycles. The third-order valence-electron chi connectivity index (χ3n) is 2.67. The minimum atomic E-state index is 0.566. The molecular formula is C13H16N2O. The van der Waals surface area contributed by atoms with Gasteiger partial charge in [0.05, 0.1) is 12.1 Å². The number of pyridine rings is 1. The second-order valence-electron chi connectivity index (χ2n) is 3.80. The van der Waals surface area contributed by atoms with E-state index in [1.807, 2.05) is 24.3 Å². The van der Waals surface area contributed by atoms with Crippen molar-refractivity contribution in [2.75, 3.05) is 12.8 Å². The highest BCUT2D eigenvalue weighted by Crippen LogP contribution is 2.24. The Morgan fingerprint density at radius 1 is 1.38 bits per heavy atom. The summed E-state index contributed by atoms with van der Waals surface area (Å²) in [6.45, 7) is 2.64. The third kappa shape index (κ3) is 1.86. The zero-order valence-corrected chi connectivity index (χ0v) is 9.66. The van der Waals surface area contributed by atoms with Crippen molar-refractivity contribution in [2.24, 2.45) is 0 Å². The molecule has 3 nitrogen and oxygen atoms in total. The van der Waals surface area contributed by atoms with E-state index in [1.165, 1.54) is 0 Å². The maximum absolute atomic E-state index is 6.02. The number of rotatable bonds is 3. The van der Waals surface area contributed by atoms with E-state index < -0.39 is 0 Å². The van der Waals surface area contributed by atoms with Crippen LogP contribution in [0, 0.1) is 0 Å². The van der Waals surface area contributed by atoms with Gasteiger partial charge in [-0.05, 0) is 12.5 Å². The molecule has 0 spiro atoms. The van der Waals surface area contributed by atoms with Gasteiger partial charge in [0.2, 0.25) is 0 Å². The van der Waals surface area contributed by atoms with Crippen molar-refractivity contribution in [3.05, 3.63) is 35.5 Å². The van der Waals surface area contributed by atoms with Crippen molar-refractivity contribution in [1.82, 2.24) is 4.98 Å². The van der Waals surface area contributed by atoms with E-state index in [2.05, 4.69) is 11.9 Å². The van der Waals surface area contributed by atoms with Crippen LogP contribution < -0.4 is 5.73 Å². The van der Waals surface area contributed by atoms with Gasteiger partial charge in [0, 0.05) is 29.4 Å². The van der Waals surface area contributed by atoms with Crippen molar-refractivity contribution in [1.29, 1.82) is 0 Å². The average molecular weight is 216 g/mol. The topological polar surface area (TPSA) is 48.1 Å². The lowest BCUT2D eigenvalue weighted by molar-refractivity contribution is 0.186. The number of anilines is 1. The van der Waals surface area contributed by atoms with Crippen LogP contribution in [0.15, 0.2) is 24.3 Å². The van der Waals surface area contributed by atoms with Gasteiger partial charge < -0.3 is 10.5 Å². The Bertz CT molecular complexity index is 509. The maximum atomic E-state index is 6.02. The molecule has 0 unspecified atom stereocenters. The van der Waals surface area contributed by atoms with Crippen LogP contribution in [-0.4, -0.2) is 12.1 Å². The number of nitrogens with zero attached hydrogens (tertiary/aromatic N) is 1. The number of methoxy groups -OCH3 is 1. The molecule has 1 aromatic carbocycles. The molecule has 84 valence electrons. The molecule has 0 aliphatic carbocycles. The fourth-order valence-electron chi connectivity index (χ4n) is 1.84. The minimum Gasteiger partial charge on any atom is -0.398 e. The third-order valence-corrected chi connectivity index (χ3v) is 2.67. The van der Waals surface area contributed by atoms with Crippen LogP contribution >= 0.6 is 0 Å². The smallest absolute Gasteiger partial charge is 0.0781 e. The van der Waals surface area contributed by atoms with Gasteiger partial charge in [0.1, 0.15) is 0 Å². The van der Waals surface area contributed by atoms with Gasteiger partial charge in [-0.1, -0.05) is 25.1 Å². The molecule has 0 fully saturated rings. The molecule has 2 N–H and O–H groups in total. The minimum absolute atomic E-state index is 0.566. The molecule has 3 heteroatoms. The van der Waals surface area contributed by atoms with E-state index in [1.54, 1.807) is 7.11 Å². The lowest BCUT2D eigenvalue weighted by atomic mass is 10.1. The first-order valence-electron chi connectivity index (χ1n) is 5.42. The summed E-state index contributed by atoms with van der Waals surface area (Å²) < 4.78 is 5.17. The molecule has 0 radical (unpaired) electrons. The molecule has 1 aromatic heterocycles. The lowest BCUT2D eigenvalue weighted by Gasteiger charge is -2.08. The van der Waals surface area contributed by atoms with Crippen LogP contribution in [0.25, 0.3) is 10.9 Å². The van der Waals surface area contributed by atoms with Gasteiger partial charge in [-0.2, -0.15) is 0 Å². The fraction of sp³-hybridized carbons (Fsp3) is 0.308. The summed E-state index contributed by atoms with van der Waals surface area (Å²) >= 11 is 0. The predicted octanol–water partition coefficient (Wildman–Crippen LogP) is 2.53. The monoisotopic (exact) mass is 216 g/mol. The Morgan fingerprint density at radius 3 is 2.88 bits per heavy atom. The van der Waals surface area contributed by atoms with Gasteiger partial charge in [0.15, 0.2) is 0 Å². The molecule has 0 saturated heterocycles. The van der Waals surface area contributed by atoms with Gasteiger partial charge in [-0.15, -0.1) is 0 Å². The molecule has 2 rings (SSSR count).